The molecule has 0 unspecified atom stereocenters. The van der Waals surface area contributed by atoms with Gasteiger partial charge in [0.05, 0.1) is 10.8 Å². The normalized spacial score (nSPS) is 14.6. The summed E-state index contributed by atoms with van der Waals surface area (Å²) in [4.78, 5) is 0. The van der Waals surface area contributed by atoms with Crippen LogP contribution in [0.4, 0.5) is 0 Å². The molecule has 262 valence electrons. The van der Waals surface area contributed by atoms with E-state index in [0.29, 0.717) is 0 Å². The second-order valence-corrected chi connectivity index (χ2v) is 15.9. The zero-order chi connectivity index (χ0) is 37.1. The lowest BCUT2D eigenvalue weighted by molar-refractivity contribution is 0.436. The summed E-state index contributed by atoms with van der Waals surface area (Å²) in [6.07, 6.45) is 0. The molecule has 8 aromatic carbocycles. The molecule has 55 heavy (non-hydrogen) atoms. The van der Waals surface area contributed by atoms with Crippen LogP contribution in [0.25, 0.3) is 33.4 Å². The van der Waals surface area contributed by atoms with E-state index in [4.69, 9.17) is 4.74 Å². The third-order valence-corrected chi connectivity index (χ3v) is 12.6. The molecule has 1 aliphatic heterocycles. The molecule has 3 aliphatic rings. The van der Waals surface area contributed by atoms with Gasteiger partial charge in [-0.2, -0.15) is 0 Å². The number of benzene rings is 8. The number of para-hydroxylation sites is 2. The zero-order valence-corrected chi connectivity index (χ0v) is 31.6. The minimum Gasteiger partial charge on any atom is -0.457 e. The van der Waals surface area contributed by atoms with Gasteiger partial charge in [-0.15, -0.1) is 0 Å². The average Bonchev–Trinajstić information content (AvgIpc) is 3.64. The highest BCUT2D eigenvalue weighted by Gasteiger charge is 2.52. The van der Waals surface area contributed by atoms with Gasteiger partial charge in [-0.05, 0) is 113 Å². The highest BCUT2D eigenvalue weighted by molar-refractivity contribution is 5.97. The highest BCUT2D eigenvalue weighted by Crippen LogP contribution is 2.64. The molecular formula is C54H40O. The molecule has 0 saturated heterocycles. The molecule has 0 aromatic heterocycles. The second-order valence-electron chi connectivity index (χ2n) is 15.9. The Morgan fingerprint density at radius 1 is 0.327 bits per heavy atom. The predicted molar refractivity (Wildman–Crippen MR) is 226 cm³/mol. The third-order valence-electron chi connectivity index (χ3n) is 12.6. The van der Waals surface area contributed by atoms with Gasteiger partial charge in [-0.3, -0.25) is 0 Å². The molecule has 1 heterocycles. The second kappa shape index (κ2) is 11.5. The van der Waals surface area contributed by atoms with Gasteiger partial charge >= 0.3 is 0 Å². The van der Waals surface area contributed by atoms with Crippen LogP contribution in [0.2, 0.25) is 0 Å². The third kappa shape index (κ3) is 4.24. The Kier molecular flexibility index (Phi) is 6.72. The Morgan fingerprint density at radius 2 is 0.836 bits per heavy atom. The van der Waals surface area contributed by atoms with Crippen molar-refractivity contribution in [1.82, 2.24) is 0 Å². The molecule has 0 N–H and O–H groups in total. The summed E-state index contributed by atoms with van der Waals surface area (Å²) in [5.41, 5.74) is 22.0. The fourth-order valence-electron chi connectivity index (χ4n) is 10.5. The molecule has 0 bridgehead atoms. The Bertz CT molecular complexity index is 2800. The van der Waals surface area contributed by atoms with Gasteiger partial charge in [-0.1, -0.05) is 174 Å². The molecule has 1 nitrogen and oxygen atoms in total. The first-order valence-electron chi connectivity index (χ1n) is 19.4. The van der Waals surface area contributed by atoms with Gasteiger partial charge in [-0.25, -0.2) is 0 Å². The minimum atomic E-state index is -0.524. The molecule has 0 atom stereocenters. The van der Waals surface area contributed by atoms with Gasteiger partial charge < -0.3 is 4.74 Å². The summed E-state index contributed by atoms with van der Waals surface area (Å²) in [6, 6.07) is 63.9. The topological polar surface area (TPSA) is 9.23 Å². The van der Waals surface area contributed by atoms with Crippen molar-refractivity contribution in [1.29, 1.82) is 0 Å². The van der Waals surface area contributed by atoms with Crippen LogP contribution < -0.4 is 4.74 Å². The van der Waals surface area contributed by atoms with Crippen molar-refractivity contribution in [2.75, 3.05) is 0 Å². The van der Waals surface area contributed by atoms with Gasteiger partial charge in [0.25, 0.3) is 0 Å². The van der Waals surface area contributed by atoms with Crippen LogP contribution in [-0.2, 0) is 10.8 Å². The van der Waals surface area contributed by atoms with E-state index in [0.717, 1.165) is 11.5 Å². The van der Waals surface area contributed by atoms with Crippen LogP contribution in [-0.4, -0.2) is 0 Å². The number of rotatable bonds is 3. The molecule has 1 spiro atoms. The van der Waals surface area contributed by atoms with Crippen molar-refractivity contribution in [2.45, 2.75) is 38.5 Å². The summed E-state index contributed by atoms with van der Waals surface area (Å²) >= 11 is 0. The molecule has 2 aliphatic carbocycles. The first-order valence-corrected chi connectivity index (χ1v) is 19.4. The van der Waals surface area contributed by atoms with Gasteiger partial charge in [0.1, 0.15) is 11.5 Å². The van der Waals surface area contributed by atoms with E-state index in [1.165, 1.54) is 100 Å². The number of fused-ring (bicyclic) bond motifs is 12. The van der Waals surface area contributed by atoms with E-state index in [2.05, 4.69) is 198 Å². The fraction of sp³-hybridized carbons (Fsp3) is 0.111. The van der Waals surface area contributed by atoms with Crippen LogP contribution >= 0.6 is 0 Å². The van der Waals surface area contributed by atoms with Crippen molar-refractivity contribution >= 4 is 0 Å². The van der Waals surface area contributed by atoms with Crippen molar-refractivity contribution < 1.29 is 4.74 Å². The van der Waals surface area contributed by atoms with Crippen LogP contribution in [0.15, 0.2) is 170 Å². The molecule has 0 radical (unpaired) electrons. The first-order chi connectivity index (χ1) is 26.9. The van der Waals surface area contributed by atoms with E-state index in [1.807, 2.05) is 0 Å². The van der Waals surface area contributed by atoms with Crippen molar-refractivity contribution in [3.63, 3.8) is 0 Å². The standard InChI is InChI=1S/C54H40O/c1-33-21-24-40-41-25-22-34(2)29-47(41)53(46(40)28-33,38-14-6-5-7-15-38)39-16-12-13-37(32-39)43-27-36(4)31-49-52(43)42-26-23-35(3)30-48(42)54(49)44-17-8-10-19-50(44)55-51-20-11-9-18-45(51)54/h5-32H,1-4H3. The first kappa shape index (κ1) is 32.0. The predicted octanol–water partition coefficient (Wildman–Crippen LogP) is 13.4. The molecule has 0 fully saturated rings. The quantitative estimate of drug-likeness (QED) is 0.178. The monoisotopic (exact) mass is 704 g/mol. The van der Waals surface area contributed by atoms with E-state index >= 15 is 0 Å². The summed E-state index contributed by atoms with van der Waals surface area (Å²) < 4.78 is 6.67. The van der Waals surface area contributed by atoms with E-state index in [1.54, 1.807) is 0 Å². The Labute approximate surface area is 323 Å². The van der Waals surface area contributed by atoms with Crippen molar-refractivity contribution in [3.05, 3.63) is 237 Å². The Balaban J connectivity index is 1.23. The van der Waals surface area contributed by atoms with Gasteiger partial charge in [0.15, 0.2) is 0 Å². The van der Waals surface area contributed by atoms with Crippen molar-refractivity contribution in [2.24, 2.45) is 0 Å². The number of hydrogen-bond donors (Lipinski definition) is 0. The fourth-order valence-corrected chi connectivity index (χ4v) is 10.5. The van der Waals surface area contributed by atoms with E-state index < -0.39 is 10.8 Å². The summed E-state index contributed by atoms with van der Waals surface area (Å²) in [5.74, 6) is 1.83. The van der Waals surface area contributed by atoms with E-state index in [-0.39, 0.29) is 0 Å². The lowest BCUT2D eigenvalue weighted by atomic mass is 9.65. The van der Waals surface area contributed by atoms with Crippen LogP contribution in [0.5, 0.6) is 11.5 Å². The average molecular weight is 705 g/mol. The smallest absolute Gasteiger partial charge is 0.132 e. The summed E-state index contributed by atoms with van der Waals surface area (Å²) in [7, 11) is 0. The maximum absolute atomic E-state index is 6.67. The zero-order valence-electron chi connectivity index (χ0n) is 31.6. The maximum Gasteiger partial charge on any atom is 0.132 e. The molecule has 0 amide bonds. The van der Waals surface area contributed by atoms with Crippen molar-refractivity contribution in [3.8, 4) is 44.9 Å². The van der Waals surface area contributed by atoms with Crippen LogP contribution in [0, 0.1) is 27.7 Å². The summed E-state index contributed by atoms with van der Waals surface area (Å²) in [6.45, 7) is 8.91. The summed E-state index contributed by atoms with van der Waals surface area (Å²) in [5, 5.41) is 0. The number of hydrogen-bond acceptors (Lipinski definition) is 1. The largest absolute Gasteiger partial charge is 0.457 e. The Morgan fingerprint density at radius 3 is 1.45 bits per heavy atom. The molecule has 11 rings (SSSR count). The van der Waals surface area contributed by atoms with Crippen LogP contribution in [0.3, 0.4) is 0 Å². The van der Waals surface area contributed by atoms with Gasteiger partial charge in [0.2, 0.25) is 0 Å². The lowest BCUT2D eigenvalue weighted by Crippen LogP contribution is -2.32. The molecule has 1 heteroatoms. The minimum absolute atomic E-state index is 0.484. The van der Waals surface area contributed by atoms with Crippen LogP contribution in [0.1, 0.15) is 66.8 Å². The Hall–Kier alpha value is -6.44. The lowest BCUT2D eigenvalue weighted by Gasteiger charge is -2.39. The maximum atomic E-state index is 6.67. The number of ether oxygens (including phenoxy) is 1. The number of aryl methyl sites for hydroxylation is 4. The van der Waals surface area contributed by atoms with Gasteiger partial charge in [0, 0.05) is 11.1 Å². The molecule has 0 saturated carbocycles. The molecule has 8 aromatic rings. The SMILES string of the molecule is Cc1ccc2c(c1)C(c1ccccc1)(c1cccc(-c3cc(C)cc4c3-c3ccc(C)cc3C43c4ccccc4Oc4ccccc43)c1)c1cc(C)ccc1-2. The molecular weight excluding hydrogens is 665 g/mol. The highest BCUT2D eigenvalue weighted by atomic mass is 16.5. The van der Waals surface area contributed by atoms with E-state index in [9.17, 15) is 0 Å².